The summed E-state index contributed by atoms with van der Waals surface area (Å²) in [5.74, 6) is 0. The molecule has 0 aliphatic heterocycles. The van der Waals surface area contributed by atoms with E-state index in [1.165, 1.54) is 24.5 Å². The SMILES string of the molecule is CCCCC[AsH2].[HH]. The van der Waals surface area contributed by atoms with E-state index in [2.05, 4.69) is 6.92 Å². The molecule has 0 nitrogen and oxygen atoms in total. The second kappa shape index (κ2) is 5.56. The molecule has 0 aromatic carbocycles. The Labute approximate surface area is 50.3 Å². The summed E-state index contributed by atoms with van der Waals surface area (Å²) >= 11 is 1.86. The van der Waals surface area contributed by atoms with E-state index >= 15 is 0 Å². The predicted molar refractivity (Wildman–Crippen MR) is 35.0 cm³/mol. The fourth-order valence-corrected chi connectivity index (χ4v) is 1.000. The molecule has 0 aromatic heterocycles. The van der Waals surface area contributed by atoms with Crippen LogP contribution in [0.3, 0.4) is 0 Å². The zero-order chi connectivity index (χ0) is 4.83. The topological polar surface area (TPSA) is 0 Å². The zero-order valence-corrected chi connectivity index (χ0v) is 6.83. The third kappa shape index (κ3) is 4.56. The van der Waals surface area contributed by atoms with E-state index in [1.807, 2.05) is 16.9 Å². The van der Waals surface area contributed by atoms with Crippen LogP contribution in [0.25, 0.3) is 0 Å². The standard InChI is InChI=1S/C5H13As.H2/c1-2-3-4-5-6;/h2-6H2,1H3;1H. The van der Waals surface area contributed by atoms with Crippen LogP contribution in [-0.2, 0) is 0 Å². The summed E-state index contributed by atoms with van der Waals surface area (Å²) in [7, 11) is 0. The minimum Gasteiger partial charge on any atom is 0 e. The molecule has 0 heterocycles. The largest absolute Gasteiger partial charge is 0 e. The van der Waals surface area contributed by atoms with Crippen LogP contribution in [0.1, 0.15) is 27.6 Å². The van der Waals surface area contributed by atoms with E-state index in [1.54, 1.807) is 0 Å². The molecule has 0 saturated carbocycles. The second-order valence-corrected chi connectivity index (χ2v) is 2.71. The van der Waals surface area contributed by atoms with Gasteiger partial charge in [0.1, 0.15) is 0 Å². The van der Waals surface area contributed by atoms with Crippen LogP contribution in [0.5, 0.6) is 0 Å². The van der Waals surface area contributed by atoms with Gasteiger partial charge >= 0.3 is 48.2 Å². The summed E-state index contributed by atoms with van der Waals surface area (Å²) in [4.78, 5) is 0. The summed E-state index contributed by atoms with van der Waals surface area (Å²) in [6, 6.07) is 0. The number of rotatable bonds is 3. The van der Waals surface area contributed by atoms with E-state index in [4.69, 9.17) is 0 Å². The molecule has 1 atom stereocenters. The molecule has 0 aliphatic carbocycles. The van der Waals surface area contributed by atoms with E-state index in [0.717, 1.165) is 0 Å². The molecule has 0 saturated heterocycles. The average molecular weight is 150 g/mol. The van der Waals surface area contributed by atoms with Crippen LogP contribution in [0.15, 0.2) is 0 Å². The van der Waals surface area contributed by atoms with Gasteiger partial charge in [0.2, 0.25) is 0 Å². The van der Waals surface area contributed by atoms with Gasteiger partial charge in [-0.05, 0) is 0 Å². The van der Waals surface area contributed by atoms with Crippen LogP contribution < -0.4 is 0 Å². The first-order chi connectivity index (χ1) is 2.91. The summed E-state index contributed by atoms with van der Waals surface area (Å²) in [6.45, 7) is 2.24. The predicted octanol–water partition coefficient (Wildman–Crippen LogP) is 1.47. The van der Waals surface area contributed by atoms with Crippen molar-refractivity contribution in [2.24, 2.45) is 0 Å². The van der Waals surface area contributed by atoms with Crippen LogP contribution in [0.2, 0.25) is 5.21 Å². The van der Waals surface area contributed by atoms with Crippen molar-refractivity contribution in [3.8, 4) is 0 Å². The van der Waals surface area contributed by atoms with Gasteiger partial charge in [-0.1, -0.05) is 0 Å². The Morgan fingerprint density at radius 1 is 1.50 bits per heavy atom. The van der Waals surface area contributed by atoms with Gasteiger partial charge < -0.3 is 0 Å². The Hall–Kier alpha value is 0.558. The normalized spacial score (nSPS) is 9.00. The fourth-order valence-electron chi connectivity index (χ4n) is 0.394. The number of hydrogen-bond donors (Lipinski definition) is 0. The van der Waals surface area contributed by atoms with Crippen LogP contribution in [0, 0.1) is 0 Å². The Kier molecular flexibility index (Phi) is 6.08. The van der Waals surface area contributed by atoms with Crippen molar-refractivity contribution < 1.29 is 1.43 Å². The van der Waals surface area contributed by atoms with Crippen molar-refractivity contribution in [1.29, 1.82) is 0 Å². The van der Waals surface area contributed by atoms with Crippen molar-refractivity contribution in [2.75, 3.05) is 0 Å². The van der Waals surface area contributed by atoms with Crippen molar-refractivity contribution in [2.45, 2.75) is 31.4 Å². The van der Waals surface area contributed by atoms with Gasteiger partial charge in [0, 0.05) is 1.43 Å². The summed E-state index contributed by atoms with van der Waals surface area (Å²) in [5.41, 5.74) is 0. The molecule has 0 radical (unpaired) electrons. The van der Waals surface area contributed by atoms with E-state index < -0.39 is 0 Å². The molecule has 1 heteroatoms. The minimum atomic E-state index is 0. The van der Waals surface area contributed by atoms with Crippen molar-refractivity contribution in [1.82, 2.24) is 0 Å². The molecule has 6 heavy (non-hydrogen) atoms. The van der Waals surface area contributed by atoms with E-state index in [0.29, 0.717) is 0 Å². The third-order valence-electron chi connectivity index (χ3n) is 0.808. The third-order valence-corrected chi connectivity index (χ3v) is 1.66. The monoisotopic (exact) mass is 150 g/mol. The van der Waals surface area contributed by atoms with E-state index in [-0.39, 0.29) is 1.43 Å². The van der Waals surface area contributed by atoms with Gasteiger partial charge in [-0.2, -0.15) is 0 Å². The van der Waals surface area contributed by atoms with Crippen LogP contribution >= 0.6 is 0 Å². The molecule has 0 bridgehead atoms. The molecule has 0 aliphatic rings. The molecule has 0 N–H and O–H groups in total. The fraction of sp³-hybridized carbons (Fsp3) is 1.00. The Balaban J connectivity index is 0. The van der Waals surface area contributed by atoms with Crippen molar-refractivity contribution in [3.63, 3.8) is 0 Å². The zero-order valence-electron chi connectivity index (χ0n) is 4.41. The molecule has 0 aromatic rings. The number of unbranched alkanes of at least 4 members (excludes halogenated alkanes) is 2. The number of hydrogen-bond acceptors (Lipinski definition) is 0. The quantitative estimate of drug-likeness (QED) is 0.422. The molecular weight excluding hydrogens is 135 g/mol. The van der Waals surface area contributed by atoms with Gasteiger partial charge in [-0.25, -0.2) is 0 Å². The van der Waals surface area contributed by atoms with Gasteiger partial charge in [0.15, 0.2) is 0 Å². The Morgan fingerprint density at radius 3 is 2.33 bits per heavy atom. The molecule has 0 rings (SSSR count). The average Bonchev–Trinajstić information content (AvgIpc) is 1.61. The van der Waals surface area contributed by atoms with Crippen molar-refractivity contribution >= 4 is 16.9 Å². The molecule has 40 valence electrons. The Morgan fingerprint density at radius 2 is 2.17 bits per heavy atom. The summed E-state index contributed by atoms with van der Waals surface area (Å²) < 4.78 is 0. The van der Waals surface area contributed by atoms with Gasteiger partial charge in [-0.3, -0.25) is 0 Å². The first-order valence-electron chi connectivity index (χ1n) is 2.62. The smallest absolute Gasteiger partial charge is 0 e. The van der Waals surface area contributed by atoms with Crippen LogP contribution in [-0.4, -0.2) is 16.9 Å². The van der Waals surface area contributed by atoms with E-state index in [9.17, 15) is 0 Å². The maximum absolute atomic E-state index is 2.24. The minimum absolute atomic E-state index is 0. The first-order valence-corrected chi connectivity index (χ1v) is 4.33. The van der Waals surface area contributed by atoms with Gasteiger partial charge in [0.05, 0.1) is 0 Å². The van der Waals surface area contributed by atoms with Gasteiger partial charge in [-0.15, -0.1) is 0 Å². The molecular formula is C5H15As. The first kappa shape index (κ1) is 6.56. The maximum Gasteiger partial charge on any atom is 0 e. The maximum atomic E-state index is 2.24. The molecule has 0 spiro atoms. The second-order valence-electron chi connectivity index (χ2n) is 1.50. The Bertz CT molecular complexity index is 20.0. The molecule has 0 amide bonds. The van der Waals surface area contributed by atoms with Gasteiger partial charge in [0.25, 0.3) is 0 Å². The molecule has 1 unspecified atom stereocenters. The van der Waals surface area contributed by atoms with Crippen molar-refractivity contribution in [3.05, 3.63) is 0 Å². The molecule has 0 fully saturated rings. The summed E-state index contributed by atoms with van der Waals surface area (Å²) in [5, 5.41) is 1.42. The summed E-state index contributed by atoms with van der Waals surface area (Å²) in [6.07, 6.45) is 4.23. The van der Waals surface area contributed by atoms with Crippen LogP contribution in [0.4, 0.5) is 0 Å².